The highest BCUT2D eigenvalue weighted by Crippen LogP contribution is 2.40. The zero-order valence-electron chi connectivity index (χ0n) is 12.6. The van der Waals surface area contributed by atoms with Crippen molar-refractivity contribution in [3.63, 3.8) is 0 Å². The number of carboxylic acid groups (broad SMARTS) is 1. The largest absolute Gasteiger partial charge is 0.543 e. The lowest BCUT2D eigenvalue weighted by Crippen LogP contribution is -2.44. The van der Waals surface area contributed by atoms with E-state index in [2.05, 4.69) is 0 Å². The number of hydrogen-bond acceptors (Lipinski definition) is 2. The minimum absolute atomic E-state index is 0.219. The number of aromatic carboxylic acids is 1. The molecule has 21 heavy (non-hydrogen) atoms. The molecular weight excluding hydrogens is 301 g/mol. The van der Waals surface area contributed by atoms with Gasteiger partial charge in [-0.1, -0.05) is 20.8 Å². The Morgan fingerprint density at radius 1 is 1.19 bits per heavy atom. The lowest BCUT2D eigenvalue weighted by molar-refractivity contribution is -0.137. The van der Waals surface area contributed by atoms with Crippen molar-refractivity contribution < 1.29 is 27.5 Å². The molecule has 0 aliphatic carbocycles. The molecule has 0 saturated heterocycles. The van der Waals surface area contributed by atoms with Crippen molar-refractivity contribution >= 4 is 14.3 Å². The summed E-state index contributed by atoms with van der Waals surface area (Å²) < 4.78 is 44.1. The van der Waals surface area contributed by atoms with Gasteiger partial charge < -0.3 is 9.53 Å². The number of rotatable bonds is 3. The van der Waals surface area contributed by atoms with Crippen molar-refractivity contribution in [3.8, 4) is 5.75 Å². The molecule has 0 fully saturated rings. The highest BCUT2D eigenvalue weighted by molar-refractivity contribution is 6.74. The molecule has 1 N–H and O–H groups in total. The van der Waals surface area contributed by atoms with Gasteiger partial charge in [0.05, 0.1) is 5.56 Å². The molecule has 0 aromatic heterocycles. The summed E-state index contributed by atoms with van der Waals surface area (Å²) in [5, 5.41) is 8.86. The monoisotopic (exact) mass is 320 g/mol. The second-order valence-electron chi connectivity index (χ2n) is 6.38. The fraction of sp³-hybridized carbons (Fsp3) is 0.500. The Balaban J connectivity index is 3.35. The highest BCUT2D eigenvalue weighted by atomic mass is 28.4. The molecule has 0 atom stereocenters. The first-order valence-corrected chi connectivity index (χ1v) is 9.30. The third-order valence-electron chi connectivity index (χ3n) is 3.71. The van der Waals surface area contributed by atoms with Crippen molar-refractivity contribution in [1.82, 2.24) is 0 Å². The Hall–Kier alpha value is -1.50. The van der Waals surface area contributed by atoms with Crippen LogP contribution in [-0.4, -0.2) is 19.4 Å². The van der Waals surface area contributed by atoms with Crippen LogP contribution in [0.1, 0.15) is 36.7 Å². The zero-order chi connectivity index (χ0) is 16.6. The van der Waals surface area contributed by atoms with Crippen molar-refractivity contribution in [2.45, 2.75) is 45.1 Å². The summed E-state index contributed by atoms with van der Waals surface area (Å²) in [5.41, 5.74) is -1.17. The second-order valence-corrected chi connectivity index (χ2v) is 11.1. The van der Waals surface area contributed by atoms with Crippen molar-refractivity contribution in [2.75, 3.05) is 0 Å². The van der Waals surface area contributed by atoms with E-state index in [0.717, 1.165) is 18.2 Å². The van der Waals surface area contributed by atoms with Gasteiger partial charge in [0.15, 0.2) is 0 Å². The number of benzene rings is 1. The number of alkyl halides is 3. The standard InChI is InChI=1S/C14H19F3O3Si/c1-13(2,3)21(4,5)20-11-8-9(14(15,16)17)6-7-10(11)12(18)19/h6-8H,1-5H3,(H,18,19). The topological polar surface area (TPSA) is 46.5 Å². The van der Waals surface area contributed by atoms with Gasteiger partial charge in [-0.3, -0.25) is 0 Å². The highest BCUT2D eigenvalue weighted by Gasteiger charge is 2.40. The Bertz CT molecular complexity index is 545. The summed E-state index contributed by atoms with van der Waals surface area (Å²) in [6.45, 7) is 9.46. The van der Waals surface area contributed by atoms with E-state index in [-0.39, 0.29) is 16.4 Å². The van der Waals surface area contributed by atoms with E-state index < -0.39 is 26.0 Å². The molecule has 118 valence electrons. The quantitative estimate of drug-likeness (QED) is 0.815. The van der Waals surface area contributed by atoms with Crippen LogP contribution in [0.3, 0.4) is 0 Å². The van der Waals surface area contributed by atoms with Crippen LogP contribution < -0.4 is 4.43 Å². The third-order valence-corrected chi connectivity index (χ3v) is 8.05. The first-order chi connectivity index (χ1) is 9.25. The molecule has 0 bridgehead atoms. The maximum absolute atomic E-state index is 12.8. The maximum Gasteiger partial charge on any atom is 0.416 e. The number of halogens is 3. The summed E-state index contributed by atoms with van der Waals surface area (Å²) in [6.07, 6.45) is -4.54. The molecule has 1 aromatic carbocycles. The molecule has 1 aromatic rings. The minimum Gasteiger partial charge on any atom is -0.543 e. The van der Waals surface area contributed by atoms with Crippen LogP contribution in [0.25, 0.3) is 0 Å². The number of hydrogen-bond donors (Lipinski definition) is 1. The van der Waals surface area contributed by atoms with E-state index in [1.807, 2.05) is 33.9 Å². The molecule has 0 radical (unpaired) electrons. The average molecular weight is 320 g/mol. The fourth-order valence-corrected chi connectivity index (χ4v) is 2.41. The van der Waals surface area contributed by atoms with Gasteiger partial charge in [-0.05, 0) is 36.3 Å². The average Bonchev–Trinajstić information content (AvgIpc) is 2.25. The number of carboxylic acids is 1. The molecular formula is C14H19F3O3Si. The molecule has 3 nitrogen and oxygen atoms in total. The summed E-state index contributed by atoms with van der Waals surface area (Å²) in [7, 11) is -2.44. The Labute approximate surface area is 122 Å². The Morgan fingerprint density at radius 3 is 2.10 bits per heavy atom. The predicted molar refractivity (Wildman–Crippen MR) is 76.2 cm³/mol. The van der Waals surface area contributed by atoms with Crippen molar-refractivity contribution in [1.29, 1.82) is 0 Å². The molecule has 0 spiro atoms. The van der Waals surface area contributed by atoms with Crippen LogP contribution in [0, 0.1) is 0 Å². The van der Waals surface area contributed by atoms with Crippen molar-refractivity contribution in [2.24, 2.45) is 0 Å². The predicted octanol–water partition coefficient (Wildman–Crippen LogP) is 4.79. The van der Waals surface area contributed by atoms with E-state index in [1.165, 1.54) is 0 Å². The van der Waals surface area contributed by atoms with Gasteiger partial charge in [-0.25, -0.2) is 4.79 Å². The maximum atomic E-state index is 12.8. The van der Waals surface area contributed by atoms with Crippen LogP contribution in [0.2, 0.25) is 18.1 Å². The van der Waals surface area contributed by atoms with Gasteiger partial charge in [-0.2, -0.15) is 13.2 Å². The van der Waals surface area contributed by atoms with Gasteiger partial charge in [0, 0.05) is 0 Å². The van der Waals surface area contributed by atoms with Crippen LogP contribution in [-0.2, 0) is 6.18 Å². The summed E-state index contributed by atoms with van der Waals surface area (Å²) >= 11 is 0. The van der Waals surface area contributed by atoms with Gasteiger partial charge in [-0.15, -0.1) is 0 Å². The molecule has 0 aliphatic rings. The normalized spacial score (nSPS) is 13.1. The van der Waals surface area contributed by atoms with Crippen LogP contribution in [0.4, 0.5) is 13.2 Å². The summed E-state index contributed by atoms with van der Waals surface area (Å²) in [5.74, 6) is -1.53. The number of carbonyl (C=O) groups is 1. The van der Waals surface area contributed by atoms with Gasteiger partial charge >= 0.3 is 12.1 Å². The fourth-order valence-electron chi connectivity index (χ4n) is 1.39. The molecule has 0 unspecified atom stereocenters. The summed E-state index contributed by atoms with van der Waals surface area (Å²) in [6, 6.07) is 2.46. The van der Waals surface area contributed by atoms with E-state index in [1.54, 1.807) is 0 Å². The molecule has 0 saturated carbocycles. The molecule has 1 rings (SSSR count). The van der Waals surface area contributed by atoms with E-state index in [9.17, 15) is 18.0 Å². The van der Waals surface area contributed by atoms with E-state index >= 15 is 0 Å². The second kappa shape index (κ2) is 5.36. The third kappa shape index (κ3) is 4.00. The lowest BCUT2D eigenvalue weighted by Gasteiger charge is -2.37. The molecule has 0 aliphatic heterocycles. The molecule has 7 heteroatoms. The minimum atomic E-state index is -4.54. The SMILES string of the molecule is CC(C)(C)[Si](C)(C)Oc1cc(C(F)(F)F)ccc1C(=O)O. The first-order valence-electron chi connectivity index (χ1n) is 6.39. The Kier molecular flexibility index (Phi) is 4.48. The lowest BCUT2D eigenvalue weighted by atomic mass is 10.1. The molecule has 0 amide bonds. The van der Waals surface area contributed by atoms with Crippen LogP contribution in [0.5, 0.6) is 5.75 Å². The summed E-state index contributed by atoms with van der Waals surface area (Å²) in [4.78, 5) is 11.2. The van der Waals surface area contributed by atoms with Crippen LogP contribution >= 0.6 is 0 Å². The first kappa shape index (κ1) is 17.5. The zero-order valence-corrected chi connectivity index (χ0v) is 13.6. The van der Waals surface area contributed by atoms with E-state index in [4.69, 9.17) is 9.53 Å². The Morgan fingerprint density at radius 2 is 1.71 bits per heavy atom. The molecule has 0 heterocycles. The van der Waals surface area contributed by atoms with Gasteiger partial charge in [0.2, 0.25) is 0 Å². The van der Waals surface area contributed by atoms with Crippen molar-refractivity contribution in [3.05, 3.63) is 29.3 Å². The van der Waals surface area contributed by atoms with Gasteiger partial charge in [0.1, 0.15) is 11.3 Å². The smallest absolute Gasteiger partial charge is 0.416 e. The van der Waals surface area contributed by atoms with Gasteiger partial charge in [0.25, 0.3) is 8.32 Å². The van der Waals surface area contributed by atoms with Crippen LogP contribution in [0.15, 0.2) is 18.2 Å². The van der Waals surface area contributed by atoms with E-state index in [0.29, 0.717) is 0 Å².